The van der Waals surface area contributed by atoms with Crippen LogP contribution in [-0.4, -0.2) is 38.3 Å². The van der Waals surface area contributed by atoms with E-state index in [1.54, 1.807) is 7.11 Å². The first-order chi connectivity index (χ1) is 8.20. The van der Waals surface area contributed by atoms with E-state index in [4.69, 9.17) is 15.2 Å². The zero-order valence-electron chi connectivity index (χ0n) is 10.5. The number of benzene rings is 1. The summed E-state index contributed by atoms with van der Waals surface area (Å²) in [5, 5.41) is 0. The molecule has 0 saturated carbocycles. The zero-order valence-corrected chi connectivity index (χ0v) is 10.5. The van der Waals surface area contributed by atoms with Gasteiger partial charge in [0.15, 0.2) is 0 Å². The van der Waals surface area contributed by atoms with Gasteiger partial charge in [-0.15, -0.1) is 0 Å². The Balaban J connectivity index is 1.92. The number of hydrogen-bond donors (Lipinski definition) is 1. The number of likely N-dealkylation sites (N-methyl/N-ethyl adjacent to an activating group) is 1. The first-order valence-corrected chi connectivity index (χ1v) is 5.97. The molecule has 0 spiro atoms. The fourth-order valence-corrected chi connectivity index (χ4v) is 2.18. The number of nitrogens with zero attached hydrogens (tertiary/aromatic N) is 1. The summed E-state index contributed by atoms with van der Waals surface area (Å²) in [6.07, 6.45) is 2.47. The predicted octanol–water partition coefficient (Wildman–Crippen LogP) is 1.75. The summed E-state index contributed by atoms with van der Waals surface area (Å²) in [4.78, 5) is 2.34. The Morgan fingerprint density at radius 2 is 2.29 bits per heavy atom. The first kappa shape index (κ1) is 12.0. The van der Waals surface area contributed by atoms with Crippen LogP contribution < -0.4 is 15.2 Å². The van der Waals surface area contributed by atoms with Crippen molar-refractivity contribution in [1.82, 2.24) is 4.90 Å². The second kappa shape index (κ2) is 5.27. The van der Waals surface area contributed by atoms with Crippen molar-refractivity contribution in [2.45, 2.75) is 18.9 Å². The van der Waals surface area contributed by atoms with Gasteiger partial charge in [0.1, 0.15) is 18.1 Å². The molecule has 17 heavy (non-hydrogen) atoms. The first-order valence-electron chi connectivity index (χ1n) is 5.97. The molecule has 1 heterocycles. The van der Waals surface area contributed by atoms with Crippen LogP contribution in [0.5, 0.6) is 11.5 Å². The van der Waals surface area contributed by atoms with E-state index in [1.165, 1.54) is 19.4 Å². The lowest BCUT2D eigenvalue weighted by Crippen LogP contribution is -2.30. The van der Waals surface area contributed by atoms with Crippen LogP contribution in [0.15, 0.2) is 18.2 Å². The minimum absolute atomic E-state index is 0.526. The van der Waals surface area contributed by atoms with Crippen molar-refractivity contribution in [2.24, 2.45) is 0 Å². The molecule has 1 atom stereocenters. The van der Waals surface area contributed by atoms with Crippen LogP contribution in [0.4, 0.5) is 5.69 Å². The molecule has 0 radical (unpaired) electrons. The Morgan fingerprint density at radius 1 is 1.47 bits per heavy atom. The van der Waals surface area contributed by atoms with Crippen LogP contribution in [-0.2, 0) is 0 Å². The summed E-state index contributed by atoms with van der Waals surface area (Å²) in [5.74, 6) is 1.50. The van der Waals surface area contributed by atoms with E-state index in [0.717, 1.165) is 12.4 Å². The summed E-state index contributed by atoms with van der Waals surface area (Å²) in [5.41, 5.74) is 6.44. The molecule has 1 aliphatic rings. The van der Waals surface area contributed by atoms with Gasteiger partial charge in [-0.25, -0.2) is 0 Å². The van der Waals surface area contributed by atoms with Gasteiger partial charge in [0, 0.05) is 12.1 Å². The van der Waals surface area contributed by atoms with Gasteiger partial charge >= 0.3 is 0 Å². The van der Waals surface area contributed by atoms with Crippen molar-refractivity contribution in [2.75, 3.05) is 33.0 Å². The summed E-state index contributed by atoms with van der Waals surface area (Å²) < 4.78 is 10.9. The molecule has 94 valence electrons. The van der Waals surface area contributed by atoms with Crippen molar-refractivity contribution in [3.63, 3.8) is 0 Å². The van der Waals surface area contributed by atoms with Crippen LogP contribution in [0.2, 0.25) is 0 Å². The van der Waals surface area contributed by atoms with Crippen molar-refractivity contribution < 1.29 is 9.47 Å². The van der Waals surface area contributed by atoms with Crippen LogP contribution in [0.3, 0.4) is 0 Å². The Labute approximate surface area is 102 Å². The van der Waals surface area contributed by atoms with Crippen LogP contribution in [0, 0.1) is 0 Å². The summed E-state index contributed by atoms with van der Waals surface area (Å²) >= 11 is 0. The van der Waals surface area contributed by atoms with Crippen molar-refractivity contribution in [3.05, 3.63) is 18.2 Å². The highest BCUT2D eigenvalue weighted by molar-refractivity contribution is 5.56. The van der Waals surface area contributed by atoms with Crippen molar-refractivity contribution >= 4 is 5.69 Å². The van der Waals surface area contributed by atoms with Crippen LogP contribution in [0.25, 0.3) is 0 Å². The Bertz CT molecular complexity index is 382. The number of nitrogens with two attached hydrogens (primary N) is 1. The smallest absolute Gasteiger partial charge is 0.142 e. The summed E-state index contributed by atoms with van der Waals surface area (Å²) in [7, 11) is 3.75. The maximum Gasteiger partial charge on any atom is 0.142 e. The van der Waals surface area contributed by atoms with Gasteiger partial charge in [0.2, 0.25) is 0 Å². The number of methoxy groups -OCH3 is 1. The fraction of sp³-hybridized carbons (Fsp3) is 0.538. The lowest BCUT2D eigenvalue weighted by Gasteiger charge is -2.19. The van der Waals surface area contributed by atoms with Crippen molar-refractivity contribution in [3.8, 4) is 11.5 Å². The monoisotopic (exact) mass is 236 g/mol. The molecule has 4 nitrogen and oxygen atoms in total. The number of nitrogen functional groups attached to an aromatic ring is 1. The quantitative estimate of drug-likeness (QED) is 0.809. The Hall–Kier alpha value is -1.42. The normalized spacial score (nSPS) is 20.5. The third-order valence-corrected chi connectivity index (χ3v) is 3.32. The SMILES string of the molecule is COc1ccc(OCC2CCCN2C)cc1N. The number of anilines is 1. The number of hydrogen-bond acceptors (Lipinski definition) is 4. The van der Waals surface area contributed by atoms with Gasteiger partial charge in [0.05, 0.1) is 12.8 Å². The third kappa shape index (κ3) is 2.82. The van der Waals surface area contributed by atoms with Gasteiger partial charge in [-0.1, -0.05) is 0 Å². The molecular formula is C13H20N2O2. The molecule has 1 aliphatic heterocycles. The molecule has 1 unspecified atom stereocenters. The molecule has 2 N–H and O–H groups in total. The van der Waals surface area contributed by atoms with E-state index in [-0.39, 0.29) is 0 Å². The molecular weight excluding hydrogens is 216 g/mol. The maximum absolute atomic E-state index is 5.83. The highest BCUT2D eigenvalue weighted by Crippen LogP contribution is 2.26. The van der Waals surface area contributed by atoms with E-state index in [1.807, 2.05) is 18.2 Å². The molecule has 1 saturated heterocycles. The summed E-state index contributed by atoms with van der Waals surface area (Å²) in [6.45, 7) is 1.89. The molecule has 0 amide bonds. The van der Waals surface area contributed by atoms with E-state index < -0.39 is 0 Å². The predicted molar refractivity (Wildman–Crippen MR) is 68.6 cm³/mol. The average Bonchev–Trinajstić information content (AvgIpc) is 2.72. The molecule has 1 fully saturated rings. The van der Waals surface area contributed by atoms with Gasteiger partial charge in [-0.2, -0.15) is 0 Å². The van der Waals surface area contributed by atoms with Crippen LogP contribution in [0.1, 0.15) is 12.8 Å². The van der Waals surface area contributed by atoms with Crippen molar-refractivity contribution in [1.29, 1.82) is 0 Å². The minimum Gasteiger partial charge on any atom is -0.495 e. The Morgan fingerprint density at radius 3 is 2.88 bits per heavy atom. The average molecular weight is 236 g/mol. The number of likely N-dealkylation sites (tertiary alicyclic amines) is 1. The van der Waals surface area contributed by atoms with Gasteiger partial charge in [0.25, 0.3) is 0 Å². The van der Waals surface area contributed by atoms with E-state index >= 15 is 0 Å². The molecule has 4 heteroatoms. The fourth-order valence-electron chi connectivity index (χ4n) is 2.18. The largest absolute Gasteiger partial charge is 0.495 e. The lowest BCUT2D eigenvalue weighted by molar-refractivity contribution is 0.198. The van der Waals surface area contributed by atoms with Gasteiger partial charge in [-0.3, -0.25) is 0 Å². The van der Waals surface area contributed by atoms with Crippen LogP contribution >= 0.6 is 0 Å². The topological polar surface area (TPSA) is 47.7 Å². The minimum atomic E-state index is 0.526. The standard InChI is InChI=1S/C13H20N2O2/c1-15-7-3-4-10(15)9-17-11-5-6-13(16-2)12(14)8-11/h5-6,8,10H,3-4,7,9,14H2,1-2H3. The number of rotatable bonds is 4. The van der Waals surface area contributed by atoms with E-state index in [2.05, 4.69) is 11.9 Å². The second-order valence-corrected chi connectivity index (χ2v) is 4.49. The maximum atomic E-state index is 5.83. The molecule has 1 aromatic rings. The molecule has 0 bridgehead atoms. The third-order valence-electron chi connectivity index (χ3n) is 3.32. The Kier molecular flexibility index (Phi) is 3.74. The van der Waals surface area contributed by atoms with E-state index in [9.17, 15) is 0 Å². The molecule has 1 aromatic carbocycles. The second-order valence-electron chi connectivity index (χ2n) is 4.49. The highest BCUT2D eigenvalue weighted by atomic mass is 16.5. The zero-order chi connectivity index (χ0) is 12.3. The lowest BCUT2D eigenvalue weighted by atomic mass is 10.2. The van der Waals surface area contributed by atoms with Gasteiger partial charge < -0.3 is 20.1 Å². The summed E-state index contributed by atoms with van der Waals surface area (Å²) in [6, 6.07) is 6.07. The van der Waals surface area contributed by atoms with Gasteiger partial charge in [-0.05, 0) is 38.6 Å². The number of ether oxygens (including phenoxy) is 2. The molecule has 2 rings (SSSR count). The molecule has 0 aliphatic carbocycles. The van der Waals surface area contributed by atoms with E-state index in [0.29, 0.717) is 17.5 Å². The highest BCUT2D eigenvalue weighted by Gasteiger charge is 2.21. The molecule has 0 aromatic heterocycles.